The Labute approximate surface area is 109 Å². The summed E-state index contributed by atoms with van der Waals surface area (Å²) in [4.78, 5) is 0. The maximum Gasteiger partial charge on any atom is 0.119 e. The lowest BCUT2D eigenvalue weighted by Gasteiger charge is -2.22. The van der Waals surface area contributed by atoms with Crippen molar-refractivity contribution in [2.24, 2.45) is 5.73 Å². The summed E-state index contributed by atoms with van der Waals surface area (Å²) in [7, 11) is 0. The largest absolute Gasteiger partial charge is 0.491 e. The molecule has 3 heteroatoms. The molecule has 0 saturated heterocycles. The minimum Gasteiger partial charge on any atom is -0.491 e. The molecule has 96 valence electrons. The van der Waals surface area contributed by atoms with Crippen LogP contribution < -0.4 is 10.5 Å². The Hall–Kier alpha value is -1.53. The SMILES string of the molecule is CC(CC(C)(N)C#N)Oc1ccc2c(c1)CCC2. The van der Waals surface area contributed by atoms with Crippen molar-refractivity contribution in [1.29, 1.82) is 5.26 Å². The van der Waals surface area contributed by atoms with Gasteiger partial charge in [-0.3, -0.25) is 0 Å². The third-order valence-corrected chi connectivity index (χ3v) is 3.37. The molecule has 0 bridgehead atoms. The minimum atomic E-state index is -0.823. The van der Waals surface area contributed by atoms with Gasteiger partial charge < -0.3 is 10.5 Å². The standard InChI is InChI=1S/C15H20N2O/c1-11(9-15(2,17)10-16)18-14-7-6-12-4-3-5-13(12)8-14/h6-8,11H,3-5,9,17H2,1-2H3. The van der Waals surface area contributed by atoms with Crippen LogP contribution in [0.5, 0.6) is 5.75 Å². The maximum absolute atomic E-state index is 8.91. The van der Waals surface area contributed by atoms with Gasteiger partial charge in [-0.1, -0.05) is 6.07 Å². The lowest BCUT2D eigenvalue weighted by molar-refractivity contribution is 0.191. The molecule has 1 aromatic rings. The topological polar surface area (TPSA) is 59.0 Å². The zero-order valence-electron chi connectivity index (χ0n) is 11.1. The monoisotopic (exact) mass is 244 g/mol. The Morgan fingerprint density at radius 2 is 2.17 bits per heavy atom. The van der Waals surface area contributed by atoms with Gasteiger partial charge in [0.05, 0.1) is 12.2 Å². The molecule has 0 amide bonds. The van der Waals surface area contributed by atoms with Gasteiger partial charge in [-0.05, 0) is 56.4 Å². The van der Waals surface area contributed by atoms with Crippen LogP contribution in [0, 0.1) is 11.3 Å². The van der Waals surface area contributed by atoms with Crippen molar-refractivity contribution in [2.45, 2.75) is 51.2 Å². The number of hydrogen-bond donors (Lipinski definition) is 1. The van der Waals surface area contributed by atoms with Gasteiger partial charge in [0, 0.05) is 6.42 Å². The second-order valence-corrected chi connectivity index (χ2v) is 5.45. The van der Waals surface area contributed by atoms with E-state index in [1.54, 1.807) is 6.92 Å². The Bertz CT molecular complexity index is 474. The normalized spacial score (nSPS) is 18.6. The fraction of sp³-hybridized carbons (Fsp3) is 0.533. The quantitative estimate of drug-likeness (QED) is 0.885. The molecule has 0 fully saturated rings. The zero-order valence-corrected chi connectivity index (χ0v) is 11.1. The van der Waals surface area contributed by atoms with E-state index in [0.29, 0.717) is 6.42 Å². The van der Waals surface area contributed by atoms with Gasteiger partial charge in [-0.25, -0.2) is 0 Å². The van der Waals surface area contributed by atoms with Crippen LogP contribution in [0.2, 0.25) is 0 Å². The minimum absolute atomic E-state index is 0.0564. The number of rotatable bonds is 4. The van der Waals surface area contributed by atoms with Crippen molar-refractivity contribution in [3.05, 3.63) is 29.3 Å². The summed E-state index contributed by atoms with van der Waals surface area (Å²) in [6, 6.07) is 8.39. The fourth-order valence-corrected chi connectivity index (χ4v) is 2.54. The molecular formula is C15H20N2O. The van der Waals surface area contributed by atoms with Crippen LogP contribution in [0.15, 0.2) is 18.2 Å². The van der Waals surface area contributed by atoms with Gasteiger partial charge in [0.1, 0.15) is 11.3 Å². The predicted molar refractivity (Wildman–Crippen MR) is 71.4 cm³/mol. The van der Waals surface area contributed by atoms with E-state index >= 15 is 0 Å². The molecule has 1 aliphatic rings. The molecule has 0 saturated carbocycles. The highest BCUT2D eigenvalue weighted by Crippen LogP contribution is 2.27. The van der Waals surface area contributed by atoms with E-state index < -0.39 is 5.54 Å². The van der Waals surface area contributed by atoms with Gasteiger partial charge in [-0.15, -0.1) is 0 Å². The van der Waals surface area contributed by atoms with Crippen molar-refractivity contribution < 1.29 is 4.74 Å². The van der Waals surface area contributed by atoms with Crippen molar-refractivity contribution in [1.82, 2.24) is 0 Å². The highest BCUT2D eigenvalue weighted by molar-refractivity contribution is 5.38. The molecule has 2 rings (SSSR count). The lowest BCUT2D eigenvalue weighted by Crippen LogP contribution is -2.38. The third-order valence-electron chi connectivity index (χ3n) is 3.37. The molecule has 2 unspecified atom stereocenters. The molecule has 1 aliphatic carbocycles. The van der Waals surface area contributed by atoms with Crippen molar-refractivity contribution in [2.75, 3.05) is 0 Å². The van der Waals surface area contributed by atoms with E-state index in [2.05, 4.69) is 18.2 Å². The Morgan fingerprint density at radius 1 is 1.44 bits per heavy atom. The summed E-state index contributed by atoms with van der Waals surface area (Å²) < 4.78 is 5.85. The zero-order chi connectivity index (χ0) is 13.2. The van der Waals surface area contributed by atoms with Gasteiger partial charge >= 0.3 is 0 Å². The smallest absolute Gasteiger partial charge is 0.119 e. The number of hydrogen-bond acceptors (Lipinski definition) is 3. The lowest BCUT2D eigenvalue weighted by atomic mass is 9.98. The molecule has 0 aromatic heterocycles. The highest BCUT2D eigenvalue weighted by Gasteiger charge is 2.22. The number of nitriles is 1. The summed E-state index contributed by atoms with van der Waals surface area (Å²) in [5, 5.41) is 8.91. The van der Waals surface area contributed by atoms with E-state index in [-0.39, 0.29) is 6.10 Å². The van der Waals surface area contributed by atoms with Crippen LogP contribution in [0.3, 0.4) is 0 Å². The number of aryl methyl sites for hydroxylation is 2. The Balaban J connectivity index is 2.00. The fourth-order valence-electron chi connectivity index (χ4n) is 2.54. The molecule has 2 N–H and O–H groups in total. The van der Waals surface area contributed by atoms with E-state index in [9.17, 15) is 0 Å². The molecule has 3 nitrogen and oxygen atoms in total. The van der Waals surface area contributed by atoms with Gasteiger partial charge in [0.15, 0.2) is 0 Å². The van der Waals surface area contributed by atoms with Gasteiger partial charge in [0.2, 0.25) is 0 Å². The van der Waals surface area contributed by atoms with E-state index in [0.717, 1.165) is 12.2 Å². The number of nitrogens with two attached hydrogens (primary N) is 1. The number of fused-ring (bicyclic) bond motifs is 1. The molecule has 0 aliphatic heterocycles. The molecule has 1 aromatic carbocycles. The van der Waals surface area contributed by atoms with E-state index in [4.69, 9.17) is 15.7 Å². The number of nitrogens with zero attached hydrogens (tertiary/aromatic N) is 1. The Kier molecular flexibility index (Phi) is 3.58. The van der Waals surface area contributed by atoms with Gasteiger partial charge in [-0.2, -0.15) is 5.26 Å². The second kappa shape index (κ2) is 4.99. The molecular weight excluding hydrogens is 224 g/mol. The first-order chi connectivity index (χ1) is 8.50. The summed E-state index contributed by atoms with van der Waals surface area (Å²) >= 11 is 0. The molecule has 0 spiro atoms. The van der Waals surface area contributed by atoms with Gasteiger partial charge in [0.25, 0.3) is 0 Å². The molecule has 0 heterocycles. The molecule has 2 atom stereocenters. The summed E-state index contributed by atoms with van der Waals surface area (Å²) in [6.07, 6.45) is 4.04. The highest BCUT2D eigenvalue weighted by atomic mass is 16.5. The summed E-state index contributed by atoms with van der Waals surface area (Å²) in [5.74, 6) is 0.886. The Morgan fingerprint density at radius 3 is 2.89 bits per heavy atom. The van der Waals surface area contributed by atoms with Crippen molar-refractivity contribution >= 4 is 0 Å². The van der Waals surface area contributed by atoms with Crippen LogP contribution in [-0.2, 0) is 12.8 Å². The number of benzene rings is 1. The third kappa shape index (κ3) is 3.02. The first-order valence-electron chi connectivity index (χ1n) is 6.49. The number of ether oxygens (including phenoxy) is 1. The van der Waals surface area contributed by atoms with Crippen LogP contribution in [-0.4, -0.2) is 11.6 Å². The van der Waals surface area contributed by atoms with Crippen LogP contribution >= 0.6 is 0 Å². The van der Waals surface area contributed by atoms with Crippen molar-refractivity contribution in [3.8, 4) is 11.8 Å². The van der Waals surface area contributed by atoms with E-state index in [1.165, 1.54) is 24.0 Å². The maximum atomic E-state index is 8.91. The second-order valence-electron chi connectivity index (χ2n) is 5.45. The van der Waals surface area contributed by atoms with Crippen LogP contribution in [0.4, 0.5) is 0 Å². The van der Waals surface area contributed by atoms with Crippen LogP contribution in [0.1, 0.15) is 37.8 Å². The predicted octanol–water partition coefficient (Wildman–Crippen LogP) is 2.57. The summed E-state index contributed by atoms with van der Waals surface area (Å²) in [5.41, 5.74) is 7.84. The first-order valence-corrected chi connectivity index (χ1v) is 6.49. The molecule has 18 heavy (non-hydrogen) atoms. The van der Waals surface area contributed by atoms with E-state index in [1.807, 2.05) is 13.0 Å². The average Bonchev–Trinajstić information content (AvgIpc) is 2.75. The molecule has 0 radical (unpaired) electrons. The van der Waals surface area contributed by atoms with Crippen LogP contribution in [0.25, 0.3) is 0 Å². The first kappa shape index (κ1) is 12.9. The average molecular weight is 244 g/mol. The summed E-state index contributed by atoms with van der Waals surface area (Å²) in [6.45, 7) is 3.69. The van der Waals surface area contributed by atoms with Crippen molar-refractivity contribution in [3.63, 3.8) is 0 Å².